The van der Waals surface area contributed by atoms with Crippen LogP contribution in [0.3, 0.4) is 0 Å². The van der Waals surface area contributed by atoms with Crippen LogP contribution in [0.2, 0.25) is 5.15 Å². The van der Waals surface area contributed by atoms with Gasteiger partial charge in [0.1, 0.15) is 5.75 Å². The third-order valence-electron chi connectivity index (χ3n) is 5.08. The standard InChI is InChI=1S/C24H23ClN6O4S/c1-16(2)17-3-7-19(8-4-17)35-15-31-14-13-21(29-31)24(32)26-18-5-9-20(10-6-18)36(33,34)30-23-12-11-22(25)27-28-23/h3-14,16H,15H2,1-2H3,(H,26,32)(H,28,30). The predicted octanol–water partition coefficient (Wildman–Crippen LogP) is 4.54. The van der Waals surface area contributed by atoms with Crippen molar-refractivity contribution in [2.24, 2.45) is 0 Å². The Bertz CT molecular complexity index is 1440. The van der Waals surface area contributed by atoms with Gasteiger partial charge in [-0.2, -0.15) is 5.10 Å². The zero-order chi connectivity index (χ0) is 25.7. The number of hydrogen-bond acceptors (Lipinski definition) is 7. The number of rotatable bonds is 9. The summed E-state index contributed by atoms with van der Waals surface area (Å²) in [4.78, 5) is 12.6. The van der Waals surface area contributed by atoms with Crippen molar-refractivity contribution in [2.75, 3.05) is 10.0 Å². The lowest BCUT2D eigenvalue weighted by molar-refractivity contribution is 0.102. The quantitative estimate of drug-likeness (QED) is 0.327. The molecule has 0 saturated carbocycles. The van der Waals surface area contributed by atoms with E-state index < -0.39 is 15.9 Å². The first-order valence-electron chi connectivity index (χ1n) is 10.9. The summed E-state index contributed by atoms with van der Waals surface area (Å²) in [5.41, 5.74) is 1.81. The maximum atomic E-state index is 12.6. The zero-order valence-electron chi connectivity index (χ0n) is 19.4. The Morgan fingerprint density at radius 3 is 2.36 bits per heavy atom. The zero-order valence-corrected chi connectivity index (χ0v) is 21.0. The minimum atomic E-state index is -3.89. The normalized spacial score (nSPS) is 11.3. The first kappa shape index (κ1) is 25.1. The van der Waals surface area contributed by atoms with Gasteiger partial charge in [0.15, 0.2) is 23.4 Å². The summed E-state index contributed by atoms with van der Waals surface area (Å²) in [5.74, 6) is 0.727. The lowest BCUT2D eigenvalue weighted by atomic mass is 10.0. The van der Waals surface area contributed by atoms with Gasteiger partial charge in [-0.15, -0.1) is 10.2 Å². The Kier molecular flexibility index (Phi) is 7.51. The number of sulfonamides is 1. The highest BCUT2D eigenvalue weighted by molar-refractivity contribution is 7.92. The van der Waals surface area contributed by atoms with E-state index in [-0.39, 0.29) is 28.3 Å². The van der Waals surface area contributed by atoms with E-state index in [2.05, 4.69) is 39.2 Å². The summed E-state index contributed by atoms with van der Waals surface area (Å²) >= 11 is 5.66. The highest BCUT2D eigenvalue weighted by Crippen LogP contribution is 2.20. The number of carbonyl (C=O) groups excluding carboxylic acids is 1. The molecule has 0 spiro atoms. The first-order chi connectivity index (χ1) is 17.2. The maximum Gasteiger partial charge on any atom is 0.276 e. The molecule has 0 aliphatic rings. The van der Waals surface area contributed by atoms with Gasteiger partial charge in [0.25, 0.3) is 15.9 Å². The van der Waals surface area contributed by atoms with Gasteiger partial charge in [0, 0.05) is 11.9 Å². The number of halogens is 1. The van der Waals surface area contributed by atoms with Crippen LogP contribution < -0.4 is 14.8 Å². The van der Waals surface area contributed by atoms with Crippen LogP contribution in [-0.4, -0.2) is 34.3 Å². The summed E-state index contributed by atoms with van der Waals surface area (Å²) in [7, 11) is -3.89. The molecule has 0 radical (unpaired) electrons. The molecule has 0 aliphatic carbocycles. The minimum absolute atomic E-state index is 0.0138. The average molecular weight is 527 g/mol. The van der Waals surface area contributed by atoms with E-state index in [0.717, 1.165) is 0 Å². The number of carbonyl (C=O) groups is 1. The lowest BCUT2D eigenvalue weighted by Crippen LogP contribution is -2.15. The molecule has 186 valence electrons. The van der Waals surface area contributed by atoms with Gasteiger partial charge in [0.2, 0.25) is 0 Å². The van der Waals surface area contributed by atoms with Crippen molar-refractivity contribution in [3.05, 3.63) is 89.3 Å². The van der Waals surface area contributed by atoms with Gasteiger partial charge in [-0.1, -0.05) is 37.6 Å². The second kappa shape index (κ2) is 10.8. The fraction of sp³-hybridized carbons (Fsp3) is 0.167. The molecule has 0 saturated heterocycles. The van der Waals surface area contributed by atoms with Crippen LogP contribution in [0.5, 0.6) is 5.75 Å². The Balaban J connectivity index is 1.33. The molecule has 1 amide bonds. The number of aromatic nitrogens is 4. The summed E-state index contributed by atoms with van der Waals surface area (Å²) in [5, 5.41) is 14.3. The van der Waals surface area contributed by atoms with Crippen molar-refractivity contribution in [3.8, 4) is 5.75 Å². The molecule has 0 atom stereocenters. The Morgan fingerprint density at radius 1 is 1.00 bits per heavy atom. The van der Waals surface area contributed by atoms with E-state index >= 15 is 0 Å². The van der Waals surface area contributed by atoms with E-state index in [9.17, 15) is 13.2 Å². The molecular formula is C24H23ClN6O4S. The second-order valence-corrected chi connectivity index (χ2v) is 10.1. The Hall–Kier alpha value is -3.96. The van der Waals surface area contributed by atoms with E-state index in [1.54, 1.807) is 12.3 Å². The molecule has 0 aliphatic heterocycles. The maximum absolute atomic E-state index is 12.6. The Labute approximate surface area is 213 Å². The number of amides is 1. The molecule has 36 heavy (non-hydrogen) atoms. The van der Waals surface area contributed by atoms with Gasteiger partial charge in [-0.3, -0.25) is 9.52 Å². The summed E-state index contributed by atoms with van der Waals surface area (Å²) in [6, 6.07) is 17.9. The number of ether oxygens (including phenoxy) is 1. The van der Waals surface area contributed by atoms with Crippen molar-refractivity contribution in [2.45, 2.75) is 31.4 Å². The molecule has 4 aromatic rings. The molecule has 0 unspecified atom stereocenters. The molecule has 2 N–H and O–H groups in total. The van der Waals surface area contributed by atoms with Gasteiger partial charge in [-0.05, 0) is 66.1 Å². The van der Waals surface area contributed by atoms with Crippen molar-refractivity contribution in [3.63, 3.8) is 0 Å². The molecule has 2 aromatic heterocycles. The fourth-order valence-electron chi connectivity index (χ4n) is 3.12. The molecule has 12 heteroatoms. The molecule has 0 bridgehead atoms. The van der Waals surface area contributed by atoms with E-state index in [1.807, 2.05) is 24.3 Å². The van der Waals surface area contributed by atoms with Gasteiger partial charge in [0.05, 0.1) is 4.90 Å². The second-order valence-electron chi connectivity index (χ2n) is 8.06. The number of benzene rings is 2. The van der Waals surface area contributed by atoms with Crippen LogP contribution in [-0.2, 0) is 16.8 Å². The monoisotopic (exact) mass is 526 g/mol. The number of anilines is 2. The third kappa shape index (κ3) is 6.37. The van der Waals surface area contributed by atoms with Crippen molar-refractivity contribution >= 4 is 39.0 Å². The van der Waals surface area contributed by atoms with E-state index in [0.29, 0.717) is 17.4 Å². The highest BCUT2D eigenvalue weighted by Gasteiger charge is 2.16. The molecule has 0 fully saturated rings. The molecule has 2 heterocycles. The molecule has 2 aromatic carbocycles. The van der Waals surface area contributed by atoms with E-state index in [1.165, 1.54) is 46.6 Å². The van der Waals surface area contributed by atoms with Crippen molar-refractivity contribution in [1.82, 2.24) is 20.0 Å². The summed E-state index contributed by atoms with van der Waals surface area (Å²) in [6.45, 7) is 4.39. The average Bonchev–Trinajstić information content (AvgIpc) is 3.34. The fourth-order valence-corrected chi connectivity index (χ4v) is 4.22. The number of nitrogens with zero attached hydrogens (tertiary/aromatic N) is 4. The van der Waals surface area contributed by atoms with Crippen molar-refractivity contribution in [1.29, 1.82) is 0 Å². The summed E-state index contributed by atoms with van der Waals surface area (Å²) < 4.78 is 34.6. The van der Waals surface area contributed by atoms with Crippen LogP contribution in [0.15, 0.2) is 77.8 Å². The van der Waals surface area contributed by atoms with E-state index in [4.69, 9.17) is 16.3 Å². The van der Waals surface area contributed by atoms with Crippen molar-refractivity contribution < 1.29 is 17.9 Å². The topological polar surface area (TPSA) is 128 Å². The van der Waals surface area contributed by atoms with Crippen LogP contribution in [0.25, 0.3) is 0 Å². The minimum Gasteiger partial charge on any atom is -0.471 e. The highest BCUT2D eigenvalue weighted by atomic mass is 35.5. The van der Waals surface area contributed by atoms with Gasteiger partial charge >= 0.3 is 0 Å². The van der Waals surface area contributed by atoms with Gasteiger partial charge < -0.3 is 10.1 Å². The summed E-state index contributed by atoms with van der Waals surface area (Å²) in [6.07, 6.45) is 1.64. The Morgan fingerprint density at radius 2 is 1.72 bits per heavy atom. The first-order valence-corrected chi connectivity index (χ1v) is 12.8. The largest absolute Gasteiger partial charge is 0.471 e. The van der Waals surface area contributed by atoms with Crippen LogP contribution in [0.1, 0.15) is 35.8 Å². The smallest absolute Gasteiger partial charge is 0.276 e. The molecule has 4 rings (SSSR count). The molecule has 10 nitrogen and oxygen atoms in total. The van der Waals surface area contributed by atoms with Gasteiger partial charge in [-0.25, -0.2) is 13.1 Å². The number of nitrogens with one attached hydrogen (secondary N) is 2. The third-order valence-corrected chi connectivity index (χ3v) is 6.65. The number of hydrogen-bond donors (Lipinski definition) is 2. The van der Waals surface area contributed by atoms with Crippen LogP contribution in [0, 0.1) is 0 Å². The SMILES string of the molecule is CC(C)c1ccc(OCn2ccc(C(=O)Nc3ccc(S(=O)(=O)Nc4ccc(Cl)nn4)cc3)n2)cc1. The lowest BCUT2D eigenvalue weighted by Gasteiger charge is -2.09. The van der Waals surface area contributed by atoms with Crippen LogP contribution >= 0.6 is 11.6 Å². The van der Waals surface area contributed by atoms with Crippen LogP contribution in [0.4, 0.5) is 11.5 Å². The predicted molar refractivity (Wildman–Crippen MR) is 136 cm³/mol. The molecular weight excluding hydrogens is 504 g/mol.